The molecule has 2 N–H and O–H groups in total. The molecule has 1 unspecified atom stereocenters. The van der Waals surface area contributed by atoms with Crippen molar-refractivity contribution in [3.63, 3.8) is 0 Å². The Morgan fingerprint density at radius 3 is 3.00 bits per heavy atom. The summed E-state index contributed by atoms with van der Waals surface area (Å²) in [5.74, 6) is 0.524. The molecule has 7 heteroatoms. The lowest BCUT2D eigenvalue weighted by molar-refractivity contribution is 0.552. The quantitative estimate of drug-likeness (QED) is 0.816. The van der Waals surface area contributed by atoms with Gasteiger partial charge >= 0.3 is 0 Å². The molecule has 0 bridgehead atoms. The Labute approximate surface area is 105 Å². The van der Waals surface area contributed by atoms with Crippen LogP contribution in [0.1, 0.15) is 24.3 Å². The van der Waals surface area contributed by atoms with Crippen LogP contribution in [0.2, 0.25) is 0 Å². The SMILES string of the molecule is Nc1cnn2cc(C3CCCS(=O)(=O)C3)cnc12. The van der Waals surface area contributed by atoms with Gasteiger partial charge in [-0.25, -0.2) is 17.9 Å². The number of rotatable bonds is 1. The van der Waals surface area contributed by atoms with E-state index in [1.54, 1.807) is 16.9 Å². The molecular weight excluding hydrogens is 252 g/mol. The molecule has 2 aromatic heterocycles. The number of aromatic nitrogens is 3. The molecule has 0 aliphatic carbocycles. The largest absolute Gasteiger partial charge is 0.394 e. The summed E-state index contributed by atoms with van der Waals surface area (Å²) in [6.45, 7) is 0. The zero-order chi connectivity index (χ0) is 12.8. The minimum atomic E-state index is -2.91. The number of hydrogen-bond donors (Lipinski definition) is 1. The summed E-state index contributed by atoms with van der Waals surface area (Å²) in [5.41, 5.74) is 7.75. The molecule has 6 nitrogen and oxygen atoms in total. The van der Waals surface area contributed by atoms with E-state index in [1.165, 1.54) is 0 Å². The minimum absolute atomic E-state index is 0.0195. The van der Waals surface area contributed by atoms with Crippen LogP contribution in [0.5, 0.6) is 0 Å². The van der Waals surface area contributed by atoms with Gasteiger partial charge in [0.05, 0.1) is 23.4 Å². The average Bonchev–Trinajstić information content (AvgIpc) is 2.69. The first-order valence-corrected chi connectivity index (χ1v) is 7.66. The van der Waals surface area contributed by atoms with Crippen LogP contribution < -0.4 is 5.73 Å². The Morgan fingerprint density at radius 2 is 2.22 bits per heavy atom. The van der Waals surface area contributed by atoms with Gasteiger partial charge in [0.15, 0.2) is 15.5 Å². The van der Waals surface area contributed by atoms with Crippen molar-refractivity contribution in [2.45, 2.75) is 18.8 Å². The van der Waals surface area contributed by atoms with Gasteiger partial charge in [-0.15, -0.1) is 0 Å². The van der Waals surface area contributed by atoms with Crippen molar-refractivity contribution >= 4 is 21.2 Å². The molecule has 3 rings (SSSR count). The summed E-state index contributed by atoms with van der Waals surface area (Å²) < 4.78 is 24.9. The van der Waals surface area contributed by atoms with E-state index < -0.39 is 9.84 Å². The fourth-order valence-corrected chi connectivity index (χ4v) is 4.15. The molecule has 18 heavy (non-hydrogen) atoms. The number of hydrogen-bond acceptors (Lipinski definition) is 5. The third-order valence-electron chi connectivity index (χ3n) is 3.34. The molecule has 0 amide bonds. The van der Waals surface area contributed by atoms with Crippen LogP contribution in [-0.2, 0) is 9.84 Å². The highest BCUT2D eigenvalue weighted by Gasteiger charge is 2.26. The lowest BCUT2D eigenvalue weighted by Gasteiger charge is -2.21. The molecule has 2 aromatic rings. The maximum Gasteiger partial charge on any atom is 0.178 e. The van der Waals surface area contributed by atoms with Gasteiger partial charge in [-0.1, -0.05) is 0 Å². The number of nitrogens with two attached hydrogens (primary N) is 1. The average molecular weight is 266 g/mol. The maximum absolute atomic E-state index is 11.6. The molecule has 1 aliphatic heterocycles. The summed E-state index contributed by atoms with van der Waals surface area (Å²) in [5, 5.41) is 4.09. The van der Waals surface area contributed by atoms with Gasteiger partial charge in [0.1, 0.15) is 0 Å². The standard InChI is InChI=1S/C11H14N4O2S/c12-10-5-14-15-6-9(4-13-11(10)15)8-2-1-3-18(16,17)7-8/h4-6,8H,1-3,7,12H2. The summed E-state index contributed by atoms with van der Waals surface area (Å²) in [4.78, 5) is 4.24. The highest BCUT2D eigenvalue weighted by Crippen LogP contribution is 2.28. The Hall–Kier alpha value is -1.63. The molecule has 1 aliphatic rings. The van der Waals surface area contributed by atoms with E-state index >= 15 is 0 Å². The number of anilines is 1. The van der Waals surface area contributed by atoms with E-state index in [0.29, 0.717) is 23.5 Å². The highest BCUT2D eigenvalue weighted by atomic mass is 32.2. The molecule has 1 saturated heterocycles. The first-order chi connectivity index (χ1) is 8.55. The monoisotopic (exact) mass is 266 g/mol. The van der Waals surface area contributed by atoms with Gasteiger partial charge in [0, 0.05) is 18.3 Å². The van der Waals surface area contributed by atoms with E-state index in [2.05, 4.69) is 10.1 Å². The van der Waals surface area contributed by atoms with Crippen LogP contribution in [0.3, 0.4) is 0 Å². The van der Waals surface area contributed by atoms with E-state index in [-0.39, 0.29) is 11.7 Å². The third-order valence-corrected chi connectivity index (χ3v) is 5.16. The van der Waals surface area contributed by atoms with Gasteiger partial charge in [0.25, 0.3) is 0 Å². The fraction of sp³-hybridized carbons (Fsp3) is 0.455. The van der Waals surface area contributed by atoms with Crippen molar-refractivity contribution < 1.29 is 8.42 Å². The molecule has 0 spiro atoms. The second kappa shape index (κ2) is 3.94. The molecular formula is C11H14N4O2S. The number of nitrogens with zero attached hydrogens (tertiary/aromatic N) is 3. The Kier molecular flexibility index (Phi) is 2.51. The summed E-state index contributed by atoms with van der Waals surface area (Å²) in [6, 6.07) is 0. The zero-order valence-electron chi connectivity index (χ0n) is 9.78. The van der Waals surface area contributed by atoms with Gasteiger partial charge in [-0.05, 0) is 18.4 Å². The van der Waals surface area contributed by atoms with Crippen molar-refractivity contribution in [3.8, 4) is 0 Å². The van der Waals surface area contributed by atoms with Crippen molar-refractivity contribution in [2.75, 3.05) is 17.2 Å². The van der Waals surface area contributed by atoms with Crippen molar-refractivity contribution in [2.24, 2.45) is 0 Å². The van der Waals surface area contributed by atoms with E-state index in [0.717, 1.165) is 12.0 Å². The number of nitrogen functional groups attached to an aromatic ring is 1. The maximum atomic E-state index is 11.6. The van der Waals surface area contributed by atoms with Crippen LogP contribution in [0.4, 0.5) is 5.69 Å². The second-order valence-electron chi connectivity index (χ2n) is 4.71. The van der Waals surface area contributed by atoms with E-state index in [4.69, 9.17) is 5.73 Å². The van der Waals surface area contributed by atoms with E-state index in [1.807, 2.05) is 6.20 Å². The zero-order valence-corrected chi connectivity index (χ0v) is 10.6. The molecule has 3 heterocycles. The first kappa shape index (κ1) is 11.5. The third kappa shape index (κ3) is 1.94. The molecule has 1 atom stereocenters. The van der Waals surface area contributed by atoms with Gasteiger partial charge < -0.3 is 5.73 Å². The Morgan fingerprint density at radius 1 is 1.39 bits per heavy atom. The topological polar surface area (TPSA) is 90.3 Å². The molecule has 0 radical (unpaired) electrons. The van der Waals surface area contributed by atoms with Crippen LogP contribution in [0.15, 0.2) is 18.6 Å². The summed E-state index contributed by atoms with van der Waals surface area (Å²) in [7, 11) is -2.91. The predicted octanol–water partition coefficient (Wildman–Crippen LogP) is 0.604. The molecule has 0 aromatic carbocycles. The Balaban J connectivity index is 1.99. The van der Waals surface area contributed by atoms with Gasteiger partial charge in [0.2, 0.25) is 0 Å². The van der Waals surface area contributed by atoms with E-state index in [9.17, 15) is 8.42 Å². The molecule has 0 saturated carbocycles. The first-order valence-electron chi connectivity index (χ1n) is 5.84. The number of fused-ring (bicyclic) bond motifs is 1. The van der Waals surface area contributed by atoms with Crippen LogP contribution in [0, 0.1) is 0 Å². The summed E-state index contributed by atoms with van der Waals surface area (Å²) >= 11 is 0. The minimum Gasteiger partial charge on any atom is -0.394 e. The van der Waals surface area contributed by atoms with Crippen LogP contribution >= 0.6 is 0 Å². The second-order valence-corrected chi connectivity index (χ2v) is 6.94. The predicted molar refractivity (Wildman–Crippen MR) is 68.0 cm³/mol. The van der Waals surface area contributed by atoms with Crippen molar-refractivity contribution in [1.82, 2.24) is 14.6 Å². The lowest BCUT2D eigenvalue weighted by atomic mass is 9.99. The fourth-order valence-electron chi connectivity index (χ4n) is 2.40. The van der Waals surface area contributed by atoms with Crippen molar-refractivity contribution in [3.05, 3.63) is 24.2 Å². The van der Waals surface area contributed by atoms with Crippen LogP contribution in [-0.4, -0.2) is 34.5 Å². The summed E-state index contributed by atoms with van der Waals surface area (Å²) in [6.07, 6.45) is 6.67. The smallest absolute Gasteiger partial charge is 0.178 e. The van der Waals surface area contributed by atoms with Crippen LogP contribution in [0.25, 0.3) is 5.65 Å². The Bertz CT molecular complexity index is 692. The van der Waals surface area contributed by atoms with Gasteiger partial charge in [-0.3, -0.25) is 0 Å². The molecule has 96 valence electrons. The highest BCUT2D eigenvalue weighted by molar-refractivity contribution is 7.91. The molecule has 1 fully saturated rings. The van der Waals surface area contributed by atoms with Gasteiger partial charge in [-0.2, -0.15) is 5.10 Å². The van der Waals surface area contributed by atoms with Crippen molar-refractivity contribution in [1.29, 1.82) is 0 Å². The normalized spacial score (nSPS) is 23.2. The number of sulfone groups is 1. The lowest BCUT2D eigenvalue weighted by Crippen LogP contribution is -2.24.